The zero-order chi connectivity index (χ0) is 21.1. The van der Waals surface area contributed by atoms with Gasteiger partial charge in [0.2, 0.25) is 0 Å². The summed E-state index contributed by atoms with van der Waals surface area (Å²) in [5, 5.41) is 13.7. The van der Waals surface area contributed by atoms with E-state index in [1.54, 1.807) is 43.5 Å². The molecule has 1 heterocycles. The third kappa shape index (κ3) is 7.59. The molecule has 6 nitrogen and oxygen atoms in total. The van der Waals surface area contributed by atoms with Crippen LogP contribution in [0, 0.1) is 11.3 Å². The molecule has 29 heavy (non-hydrogen) atoms. The van der Waals surface area contributed by atoms with E-state index in [2.05, 4.69) is 18.1 Å². The Balaban J connectivity index is 1.93. The quantitative estimate of drug-likeness (QED) is 0.268. The highest BCUT2D eigenvalue weighted by Crippen LogP contribution is 2.34. The number of unbranched alkanes of at least 4 members (excludes halogenated alkanes) is 5. The van der Waals surface area contributed by atoms with E-state index in [4.69, 9.17) is 9.02 Å². The Morgan fingerprint density at radius 3 is 2.45 bits per heavy atom. The molecule has 1 aromatic carbocycles. The van der Waals surface area contributed by atoms with E-state index in [1.807, 2.05) is 0 Å². The van der Waals surface area contributed by atoms with Crippen LogP contribution >= 0.6 is 11.8 Å². The first-order chi connectivity index (χ1) is 14.0. The van der Waals surface area contributed by atoms with Crippen molar-refractivity contribution in [3.05, 3.63) is 46.9 Å². The van der Waals surface area contributed by atoms with Crippen molar-refractivity contribution in [2.45, 2.75) is 45.4 Å². The molecule has 1 aliphatic heterocycles. The van der Waals surface area contributed by atoms with Crippen LogP contribution in [0.25, 0.3) is 5.57 Å². The predicted molar refractivity (Wildman–Crippen MR) is 118 cm³/mol. The van der Waals surface area contributed by atoms with Crippen molar-refractivity contribution in [2.24, 2.45) is 5.16 Å². The summed E-state index contributed by atoms with van der Waals surface area (Å²) in [6.07, 6.45) is 9.31. The van der Waals surface area contributed by atoms with Gasteiger partial charge in [0, 0.05) is 4.91 Å². The van der Waals surface area contributed by atoms with Crippen molar-refractivity contribution >= 4 is 32.5 Å². The summed E-state index contributed by atoms with van der Waals surface area (Å²) in [6, 6.07) is 9.36. The van der Waals surface area contributed by atoms with Gasteiger partial charge in [0.15, 0.2) is 0 Å². The summed E-state index contributed by atoms with van der Waals surface area (Å²) in [4.78, 5) is 0.688. The first-order valence-corrected chi connectivity index (χ1v) is 12.0. The van der Waals surface area contributed by atoms with Crippen LogP contribution in [-0.4, -0.2) is 26.3 Å². The van der Waals surface area contributed by atoms with Gasteiger partial charge in [-0.25, -0.2) is 0 Å². The summed E-state index contributed by atoms with van der Waals surface area (Å²) in [6.45, 7) is 2.14. The van der Waals surface area contributed by atoms with Gasteiger partial charge in [0.05, 0.1) is 18.4 Å². The summed E-state index contributed by atoms with van der Waals surface area (Å²) in [7, 11) is -2.11. The lowest BCUT2D eigenvalue weighted by Crippen LogP contribution is -2.08. The average molecular weight is 435 g/mol. The molecule has 0 aromatic heterocycles. The molecule has 0 spiro atoms. The largest absolute Gasteiger partial charge is 0.497 e. The third-order valence-electron chi connectivity index (χ3n) is 4.32. The predicted octanol–water partition coefficient (Wildman–Crippen LogP) is 5.25. The minimum atomic E-state index is -3.69. The Hall–Kier alpha value is -2.24. The van der Waals surface area contributed by atoms with E-state index >= 15 is 0 Å². The molecule has 0 radical (unpaired) electrons. The highest BCUT2D eigenvalue weighted by atomic mass is 32.2. The molecule has 0 N–H and O–H groups in total. The molecule has 0 atom stereocenters. The van der Waals surface area contributed by atoms with Crippen LogP contribution in [0.5, 0.6) is 5.75 Å². The van der Waals surface area contributed by atoms with Crippen LogP contribution in [0.4, 0.5) is 0 Å². The van der Waals surface area contributed by atoms with Crippen molar-refractivity contribution in [1.82, 2.24) is 0 Å². The summed E-state index contributed by atoms with van der Waals surface area (Å²) in [5.74, 6) is 0.666. The first-order valence-electron chi connectivity index (χ1n) is 9.63. The van der Waals surface area contributed by atoms with Gasteiger partial charge in [0.1, 0.15) is 16.9 Å². The number of ether oxygens (including phenoxy) is 1. The molecule has 2 rings (SSSR count). The number of hydrogen-bond acceptors (Lipinski definition) is 7. The molecule has 0 saturated heterocycles. The van der Waals surface area contributed by atoms with E-state index in [0.29, 0.717) is 27.7 Å². The highest BCUT2D eigenvalue weighted by Gasteiger charge is 2.17. The number of oxime groups is 1. The molecule has 1 aromatic rings. The number of benzene rings is 1. The van der Waals surface area contributed by atoms with Crippen LogP contribution in [0.1, 0.15) is 51.0 Å². The lowest BCUT2D eigenvalue weighted by molar-refractivity contribution is 0.339. The Morgan fingerprint density at radius 1 is 1.10 bits per heavy atom. The van der Waals surface area contributed by atoms with Crippen molar-refractivity contribution < 1.29 is 17.4 Å². The first kappa shape index (κ1) is 23.0. The van der Waals surface area contributed by atoms with Gasteiger partial charge < -0.3 is 4.74 Å². The molecule has 0 saturated carbocycles. The second kappa shape index (κ2) is 11.7. The molecule has 0 amide bonds. The smallest absolute Gasteiger partial charge is 0.328 e. The number of methoxy groups -OCH3 is 1. The van der Waals surface area contributed by atoms with Gasteiger partial charge >= 0.3 is 10.1 Å². The fourth-order valence-electron chi connectivity index (χ4n) is 2.72. The van der Waals surface area contributed by atoms with Crippen molar-refractivity contribution in [3.8, 4) is 11.8 Å². The molecule has 1 aliphatic rings. The maximum absolute atomic E-state index is 12.0. The fraction of sp³-hybridized carbons (Fsp3) is 0.429. The van der Waals surface area contributed by atoms with Crippen LogP contribution in [0.2, 0.25) is 0 Å². The van der Waals surface area contributed by atoms with Gasteiger partial charge in [-0.2, -0.15) is 13.7 Å². The lowest BCUT2D eigenvalue weighted by atomic mass is 10.1. The van der Waals surface area contributed by atoms with Crippen LogP contribution < -0.4 is 4.74 Å². The lowest BCUT2D eigenvalue weighted by Gasteiger charge is -2.05. The molecular formula is C21H26N2O4S2. The molecule has 0 aliphatic carbocycles. The number of thioether (sulfide) groups is 1. The number of allylic oxidation sites excluding steroid dienone is 2. The molecular weight excluding hydrogens is 408 g/mol. The van der Waals surface area contributed by atoms with E-state index in [9.17, 15) is 13.7 Å². The van der Waals surface area contributed by atoms with Crippen LogP contribution in [-0.2, 0) is 14.4 Å². The monoisotopic (exact) mass is 434 g/mol. The fourth-order valence-corrected chi connectivity index (χ4v) is 4.43. The molecule has 156 valence electrons. The maximum Gasteiger partial charge on any atom is 0.328 e. The molecule has 8 heteroatoms. The Kier molecular flexibility index (Phi) is 9.29. The minimum Gasteiger partial charge on any atom is -0.497 e. The average Bonchev–Trinajstić information content (AvgIpc) is 3.19. The highest BCUT2D eigenvalue weighted by molar-refractivity contribution is 8.18. The number of hydrogen-bond donors (Lipinski definition) is 0. The zero-order valence-corrected chi connectivity index (χ0v) is 18.4. The standard InChI is InChI=1S/C21H26N2O4S2/c1-3-4-5-6-7-8-15-29(24,25)27-23-21-14-13-20(28-21)19(16-22)17-9-11-18(26-2)12-10-17/h9-14H,3-8,15H2,1-2H3. The topological polar surface area (TPSA) is 88.8 Å². The van der Waals surface area contributed by atoms with Gasteiger partial charge in [-0.15, -0.1) is 0 Å². The normalized spacial score (nSPS) is 16.7. The van der Waals surface area contributed by atoms with Gasteiger partial charge in [-0.05, 0) is 48.4 Å². The van der Waals surface area contributed by atoms with E-state index in [1.165, 1.54) is 18.2 Å². The number of nitrogens with zero attached hydrogens (tertiary/aromatic N) is 2. The van der Waals surface area contributed by atoms with Crippen molar-refractivity contribution in [3.63, 3.8) is 0 Å². The molecule has 0 unspecified atom stereocenters. The van der Waals surface area contributed by atoms with Crippen LogP contribution in [0.15, 0.2) is 46.5 Å². The molecule has 0 fully saturated rings. The van der Waals surface area contributed by atoms with E-state index in [0.717, 1.165) is 31.2 Å². The summed E-state index contributed by atoms with van der Waals surface area (Å²) in [5.41, 5.74) is 1.23. The van der Waals surface area contributed by atoms with Crippen molar-refractivity contribution in [2.75, 3.05) is 12.9 Å². The van der Waals surface area contributed by atoms with Crippen molar-refractivity contribution in [1.29, 1.82) is 5.26 Å². The second-order valence-electron chi connectivity index (χ2n) is 6.55. The Labute approximate surface area is 177 Å². The van der Waals surface area contributed by atoms with E-state index < -0.39 is 10.1 Å². The second-order valence-corrected chi connectivity index (χ2v) is 9.28. The van der Waals surface area contributed by atoms with E-state index in [-0.39, 0.29) is 5.75 Å². The van der Waals surface area contributed by atoms with Gasteiger partial charge in [-0.3, -0.25) is 4.28 Å². The number of rotatable bonds is 11. The minimum absolute atomic E-state index is 0.0394. The maximum atomic E-state index is 12.0. The Bertz CT molecular complexity index is 911. The van der Waals surface area contributed by atoms with Crippen LogP contribution in [0.3, 0.4) is 0 Å². The Morgan fingerprint density at radius 2 is 1.79 bits per heavy atom. The van der Waals surface area contributed by atoms with Gasteiger partial charge in [-0.1, -0.05) is 55.9 Å². The third-order valence-corrected chi connectivity index (χ3v) is 6.39. The zero-order valence-electron chi connectivity index (χ0n) is 16.8. The molecule has 0 bridgehead atoms. The SMILES string of the molecule is CCCCCCCCS(=O)(=O)ON=C1C=CC(=C(C#N)c2ccc(OC)cc2)S1. The summed E-state index contributed by atoms with van der Waals surface area (Å²) >= 11 is 1.20. The van der Waals surface area contributed by atoms with Gasteiger partial charge in [0.25, 0.3) is 0 Å². The summed E-state index contributed by atoms with van der Waals surface area (Å²) < 4.78 is 33.9. The number of nitriles is 1.